The highest BCUT2D eigenvalue weighted by Crippen LogP contribution is 2.49. The van der Waals surface area contributed by atoms with Gasteiger partial charge in [-0.15, -0.1) is 0 Å². The molecule has 2 aliphatic rings. The summed E-state index contributed by atoms with van der Waals surface area (Å²) in [6, 6.07) is 2.02. The predicted octanol–water partition coefficient (Wildman–Crippen LogP) is -4.49. The monoisotopic (exact) mass is 668 g/mol. The second-order valence-corrected chi connectivity index (χ2v) is 12.8. The minimum Gasteiger partial charge on any atom is -0.394 e. The van der Waals surface area contributed by atoms with Gasteiger partial charge in [-0.1, -0.05) is 0 Å². The number of hydrogen-bond donors (Lipinski definition) is 8. The van der Waals surface area contributed by atoms with E-state index in [9.17, 15) is 44.5 Å². The van der Waals surface area contributed by atoms with Crippen LogP contribution in [-0.2, 0) is 30.3 Å². The SMILES string of the molecule is CC[NH+](CC)CC.O=c1ccn([C@@H]2O[C@H](COP(O)(=S)O[C@H]3[C@@H](O)[C@H](n4ccc(=O)[nH]c4=O)O[C@@H]3CO)[C@@H](O)[C@H]2O)c(=O)[nH]1. The topological polar surface area (TPSA) is 252 Å². The summed E-state index contributed by atoms with van der Waals surface area (Å²) in [5, 5.41) is 40.9. The Labute approximate surface area is 255 Å². The van der Waals surface area contributed by atoms with Gasteiger partial charge in [-0.05, 0) is 32.6 Å². The van der Waals surface area contributed by atoms with Crippen molar-refractivity contribution in [1.29, 1.82) is 0 Å². The first kappa shape index (κ1) is 36.1. The largest absolute Gasteiger partial charge is 0.394 e. The van der Waals surface area contributed by atoms with Gasteiger partial charge < -0.3 is 44.2 Å². The van der Waals surface area contributed by atoms with Crippen molar-refractivity contribution in [3.63, 3.8) is 0 Å². The zero-order chi connectivity index (χ0) is 32.8. The van der Waals surface area contributed by atoms with Crippen LogP contribution >= 0.6 is 6.72 Å². The minimum absolute atomic E-state index is 0.628. The Hall–Kier alpha value is -2.39. The maximum atomic E-state index is 12.1. The van der Waals surface area contributed by atoms with Gasteiger partial charge in [0.2, 0.25) is 0 Å². The molecule has 44 heavy (non-hydrogen) atoms. The Balaban J connectivity index is 0.000000676. The number of aliphatic hydroxyl groups excluding tert-OH is 4. The maximum Gasteiger partial charge on any atom is 0.330 e. The van der Waals surface area contributed by atoms with E-state index in [2.05, 4.69) is 20.8 Å². The van der Waals surface area contributed by atoms with Crippen molar-refractivity contribution in [1.82, 2.24) is 19.1 Å². The summed E-state index contributed by atoms with van der Waals surface area (Å²) in [6.45, 7) is 4.92. The highest BCUT2D eigenvalue weighted by Gasteiger charge is 2.49. The zero-order valence-electron chi connectivity index (χ0n) is 24.2. The van der Waals surface area contributed by atoms with Crippen LogP contribution in [-0.4, -0.2) is 114 Å². The van der Waals surface area contributed by atoms with Crippen LogP contribution in [0, 0.1) is 0 Å². The number of aromatic nitrogens is 4. The van der Waals surface area contributed by atoms with E-state index >= 15 is 0 Å². The van der Waals surface area contributed by atoms with Crippen LogP contribution in [0.15, 0.2) is 43.7 Å². The lowest BCUT2D eigenvalue weighted by molar-refractivity contribution is -0.894. The average molecular weight is 669 g/mol. The smallest absolute Gasteiger partial charge is 0.330 e. The fourth-order valence-corrected chi connectivity index (χ4v) is 6.13. The van der Waals surface area contributed by atoms with E-state index in [-0.39, 0.29) is 0 Å². The molecule has 1 unspecified atom stereocenters. The summed E-state index contributed by atoms with van der Waals surface area (Å²) >= 11 is 4.96. The summed E-state index contributed by atoms with van der Waals surface area (Å²) in [4.78, 5) is 62.8. The van der Waals surface area contributed by atoms with Gasteiger partial charge in [0.1, 0.15) is 36.6 Å². The Morgan fingerprint density at radius 2 is 1.34 bits per heavy atom. The van der Waals surface area contributed by atoms with E-state index in [0.717, 1.165) is 33.7 Å². The summed E-state index contributed by atoms with van der Waals surface area (Å²) < 4.78 is 23.1. The highest BCUT2D eigenvalue weighted by molar-refractivity contribution is 8.07. The number of nitrogens with one attached hydrogen (secondary N) is 3. The molecule has 0 amide bonds. The van der Waals surface area contributed by atoms with Crippen molar-refractivity contribution in [2.24, 2.45) is 0 Å². The van der Waals surface area contributed by atoms with Crippen LogP contribution in [0.5, 0.6) is 0 Å². The molecule has 0 radical (unpaired) electrons. The standard InChI is InChI=1S/C18H23N4O13PS.C6H15N/c23-5-7-14(13(28)16(33-7)22-4-2-10(25)20-18(22)30)35-36(31,37)32-6-8-11(26)12(27)15(34-8)21-3-1-9(24)19-17(21)29;1-4-7(5-2)6-3/h1-4,7-8,11-16,23,26-28H,5-6H2,(H,31,37)(H,19,24,29)(H,20,25,30);4-6H2,1-3H3/p+1/t7-,8-,11-,12-,13-,14-,15-,16-,36?;/m1./s1. The summed E-state index contributed by atoms with van der Waals surface area (Å²) in [5.74, 6) is 0. The molecule has 18 nitrogen and oxygen atoms in total. The number of quaternary nitrogens is 1. The number of nitrogens with zero attached hydrogens (tertiary/aromatic N) is 2. The molecule has 0 saturated carbocycles. The molecule has 20 heteroatoms. The molecule has 0 aliphatic carbocycles. The van der Waals surface area contributed by atoms with Crippen LogP contribution in [0.3, 0.4) is 0 Å². The summed E-state index contributed by atoms with van der Waals surface area (Å²) in [6.07, 6.45) is -9.58. The number of rotatable bonds is 11. The number of aromatic amines is 2. The van der Waals surface area contributed by atoms with Crippen LogP contribution in [0.1, 0.15) is 33.2 Å². The van der Waals surface area contributed by atoms with Crippen molar-refractivity contribution in [2.45, 2.75) is 69.9 Å². The Bertz CT molecular complexity index is 1500. The fourth-order valence-electron chi connectivity index (χ4n) is 4.68. The number of hydrogen-bond acceptors (Lipinski definition) is 13. The van der Waals surface area contributed by atoms with Crippen molar-refractivity contribution < 1.29 is 48.7 Å². The normalized spacial score (nSPS) is 29.8. The van der Waals surface area contributed by atoms with Crippen molar-refractivity contribution >= 4 is 18.5 Å². The second kappa shape index (κ2) is 15.7. The van der Waals surface area contributed by atoms with Crippen LogP contribution < -0.4 is 27.4 Å². The summed E-state index contributed by atoms with van der Waals surface area (Å²) in [7, 11) is 0. The van der Waals surface area contributed by atoms with Crippen molar-refractivity contribution in [2.75, 3.05) is 32.8 Å². The molecule has 2 saturated heterocycles. The molecule has 4 rings (SSSR count). The highest BCUT2D eigenvalue weighted by atomic mass is 32.5. The molecule has 2 aliphatic heterocycles. The lowest BCUT2D eigenvalue weighted by Gasteiger charge is -2.26. The Morgan fingerprint density at radius 3 is 1.77 bits per heavy atom. The van der Waals surface area contributed by atoms with E-state index in [1.165, 1.54) is 19.6 Å². The average Bonchev–Trinajstić information content (AvgIpc) is 3.43. The van der Waals surface area contributed by atoms with Gasteiger partial charge in [0.15, 0.2) is 12.5 Å². The lowest BCUT2D eigenvalue weighted by atomic mass is 10.1. The van der Waals surface area contributed by atoms with E-state index in [4.69, 9.17) is 30.3 Å². The fraction of sp³-hybridized carbons (Fsp3) is 0.667. The van der Waals surface area contributed by atoms with Crippen molar-refractivity contribution in [3.05, 3.63) is 66.2 Å². The number of aliphatic hydroxyl groups is 4. The third kappa shape index (κ3) is 8.65. The van der Waals surface area contributed by atoms with Gasteiger partial charge in [0.25, 0.3) is 11.1 Å². The first-order valence-electron chi connectivity index (χ1n) is 13.8. The van der Waals surface area contributed by atoms with Gasteiger partial charge >= 0.3 is 18.1 Å². The Morgan fingerprint density at radius 1 is 0.864 bits per heavy atom. The third-order valence-electron chi connectivity index (χ3n) is 7.23. The molecule has 8 N–H and O–H groups in total. The molecule has 2 aromatic rings. The first-order chi connectivity index (χ1) is 20.8. The van der Waals surface area contributed by atoms with Crippen LogP contribution in [0.2, 0.25) is 0 Å². The van der Waals surface area contributed by atoms with Crippen LogP contribution in [0.25, 0.3) is 0 Å². The second-order valence-electron chi connectivity index (χ2n) is 9.96. The summed E-state index contributed by atoms with van der Waals surface area (Å²) in [5.41, 5.74) is -3.18. The lowest BCUT2D eigenvalue weighted by Crippen LogP contribution is -3.11. The van der Waals surface area contributed by atoms with Gasteiger partial charge in [-0.25, -0.2) is 9.59 Å². The molecule has 2 fully saturated rings. The van der Waals surface area contributed by atoms with E-state index in [1.807, 2.05) is 9.97 Å². The Kier molecular flexibility index (Phi) is 12.9. The predicted molar refractivity (Wildman–Crippen MR) is 155 cm³/mol. The molecule has 0 bridgehead atoms. The molecular weight excluding hydrogens is 629 g/mol. The van der Waals surface area contributed by atoms with E-state index < -0.39 is 91.5 Å². The molecule has 0 aromatic carbocycles. The molecule has 2 aromatic heterocycles. The van der Waals surface area contributed by atoms with Crippen molar-refractivity contribution in [3.8, 4) is 0 Å². The molecular formula is C24H39N5O13PS+. The maximum absolute atomic E-state index is 12.1. The van der Waals surface area contributed by atoms with Gasteiger partial charge in [-0.2, -0.15) is 0 Å². The van der Waals surface area contributed by atoms with Crippen LogP contribution in [0.4, 0.5) is 0 Å². The first-order valence-corrected chi connectivity index (χ1v) is 16.4. The third-order valence-corrected chi connectivity index (χ3v) is 8.79. The molecule has 248 valence electrons. The number of ether oxygens (including phenoxy) is 2. The zero-order valence-corrected chi connectivity index (χ0v) is 25.9. The number of H-pyrrole nitrogens is 2. The molecule has 4 heterocycles. The molecule has 9 atom stereocenters. The quantitative estimate of drug-likeness (QED) is 0.105. The van der Waals surface area contributed by atoms with Gasteiger partial charge in [0.05, 0.1) is 32.8 Å². The molecule has 0 spiro atoms. The minimum atomic E-state index is -4.23. The van der Waals surface area contributed by atoms with Gasteiger partial charge in [-0.3, -0.25) is 33.2 Å². The van der Waals surface area contributed by atoms with E-state index in [0.29, 0.717) is 0 Å². The van der Waals surface area contributed by atoms with E-state index in [1.54, 1.807) is 4.90 Å². The van der Waals surface area contributed by atoms with Gasteiger partial charge in [0, 0.05) is 24.5 Å².